The van der Waals surface area contributed by atoms with E-state index < -0.39 is 10.0 Å². The van der Waals surface area contributed by atoms with Gasteiger partial charge in [0.2, 0.25) is 15.9 Å². The molecule has 0 fully saturated rings. The molecule has 3 N–H and O–H groups in total. The average Bonchev–Trinajstić information content (AvgIpc) is 2.50. The molecule has 0 aliphatic rings. The second-order valence-electron chi connectivity index (χ2n) is 4.79. The van der Waals surface area contributed by atoms with Crippen molar-refractivity contribution in [2.75, 3.05) is 39.9 Å². The van der Waals surface area contributed by atoms with Gasteiger partial charge in [0, 0.05) is 39.7 Å². The Kier molecular flexibility index (Phi) is 12.4. The molecule has 0 bridgehead atoms. The van der Waals surface area contributed by atoms with Crippen LogP contribution >= 0.6 is 35.6 Å². The van der Waals surface area contributed by atoms with Crippen molar-refractivity contribution < 1.29 is 17.9 Å². The number of ether oxygens (including phenoxy) is 1. The van der Waals surface area contributed by atoms with Crippen LogP contribution in [0.25, 0.3) is 0 Å². The number of nitrogens with one attached hydrogen (secondary N) is 3. The van der Waals surface area contributed by atoms with Crippen LogP contribution in [0, 0.1) is 0 Å². The third kappa shape index (κ3) is 9.05. The summed E-state index contributed by atoms with van der Waals surface area (Å²) in [5.41, 5.74) is 0. The molecule has 11 heteroatoms. The molecule has 0 atom stereocenters. The second kappa shape index (κ2) is 12.7. The summed E-state index contributed by atoms with van der Waals surface area (Å²) >= 11 is 11.8. The normalized spacial score (nSPS) is 11.0. The van der Waals surface area contributed by atoms with E-state index in [9.17, 15) is 13.2 Å². The standard InChI is InChI=1S/C14H21Cl2N3O4S.ClH/c1-23-10-9-17-7-8-18-13(20)5-6-19-24(21,22)14-11(15)3-2-4-12(14)16;/h2-4,17,19H,5-10H2,1H3,(H,18,20);1H. The van der Waals surface area contributed by atoms with Crippen molar-refractivity contribution in [3.63, 3.8) is 0 Å². The number of carbonyl (C=O) groups excluding carboxylic acids is 1. The van der Waals surface area contributed by atoms with Crippen LogP contribution in [-0.4, -0.2) is 54.2 Å². The fourth-order valence-electron chi connectivity index (χ4n) is 1.79. The fraction of sp³-hybridized carbons (Fsp3) is 0.500. The number of hydrogen-bond acceptors (Lipinski definition) is 5. The molecule has 1 aromatic carbocycles. The zero-order valence-corrected chi connectivity index (χ0v) is 16.8. The highest BCUT2D eigenvalue weighted by molar-refractivity contribution is 7.89. The summed E-state index contributed by atoms with van der Waals surface area (Å²) in [6, 6.07) is 4.42. The molecule has 144 valence electrons. The minimum absolute atomic E-state index is 0. The van der Waals surface area contributed by atoms with Crippen molar-refractivity contribution in [1.82, 2.24) is 15.4 Å². The summed E-state index contributed by atoms with van der Waals surface area (Å²) in [6.45, 7) is 2.31. The molecule has 0 saturated carbocycles. The SMILES string of the molecule is COCCNCCNC(=O)CCNS(=O)(=O)c1c(Cl)cccc1Cl.Cl. The van der Waals surface area contributed by atoms with Gasteiger partial charge in [0.25, 0.3) is 0 Å². The first-order valence-corrected chi connectivity index (χ1v) is 9.52. The van der Waals surface area contributed by atoms with Crippen molar-refractivity contribution in [3.8, 4) is 0 Å². The lowest BCUT2D eigenvalue weighted by atomic mass is 10.4. The van der Waals surface area contributed by atoms with Gasteiger partial charge in [-0.15, -0.1) is 12.4 Å². The first kappa shape index (κ1) is 24.4. The first-order chi connectivity index (χ1) is 11.4. The minimum Gasteiger partial charge on any atom is -0.383 e. The third-order valence-corrected chi connectivity index (χ3v) is 5.35. The zero-order valence-electron chi connectivity index (χ0n) is 13.7. The fourth-order valence-corrected chi connectivity index (χ4v) is 3.96. The Balaban J connectivity index is 0.00000576. The Morgan fingerprint density at radius 3 is 2.36 bits per heavy atom. The summed E-state index contributed by atoms with van der Waals surface area (Å²) in [7, 11) is -2.26. The highest BCUT2D eigenvalue weighted by atomic mass is 35.5. The third-order valence-electron chi connectivity index (χ3n) is 2.94. The van der Waals surface area contributed by atoms with E-state index in [1.165, 1.54) is 12.1 Å². The molecule has 1 rings (SSSR count). The van der Waals surface area contributed by atoms with Crippen LogP contribution in [0.5, 0.6) is 0 Å². The average molecular weight is 435 g/mol. The molecule has 0 aliphatic carbocycles. The number of amides is 1. The molecule has 0 aromatic heterocycles. The van der Waals surface area contributed by atoms with Gasteiger partial charge in [-0.05, 0) is 12.1 Å². The van der Waals surface area contributed by atoms with Gasteiger partial charge in [0.05, 0.1) is 16.7 Å². The van der Waals surface area contributed by atoms with Crippen molar-refractivity contribution in [2.45, 2.75) is 11.3 Å². The molecule has 1 aromatic rings. The predicted molar refractivity (Wildman–Crippen MR) is 101 cm³/mol. The zero-order chi connectivity index (χ0) is 18.0. The maximum absolute atomic E-state index is 12.2. The highest BCUT2D eigenvalue weighted by Crippen LogP contribution is 2.28. The summed E-state index contributed by atoms with van der Waals surface area (Å²) in [5.74, 6) is -0.253. The second-order valence-corrected chi connectivity index (χ2v) is 7.31. The van der Waals surface area contributed by atoms with Crippen LogP contribution in [0.2, 0.25) is 10.0 Å². The molecule has 0 heterocycles. The molecule has 7 nitrogen and oxygen atoms in total. The van der Waals surface area contributed by atoms with E-state index in [0.717, 1.165) is 0 Å². The predicted octanol–water partition coefficient (Wildman–Crippen LogP) is 1.44. The molecular weight excluding hydrogens is 413 g/mol. The number of sulfonamides is 1. The van der Waals surface area contributed by atoms with Crippen LogP contribution in [0.4, 0.5) is 0 Å². The van der Waals surface area contributed by atoms with E-state index >= 15 is 0 Å². The van der Waals surface area contributed by atoms with E-state index in [1.807, 2.05) is 0 Å². The Morgan fingerprint density at radius 1 is 1.12 bits per heavy atom. The molecule has 0 saturated heterocycles. The summed E-state index contributed by atoms with van der Waals surface area (Å²) in [4.78, 5) is 11.5. The molecule has 0 spiro atoms. The lowest BCUT2D eigenvalue weighted by Crippen LogP contribution is -2.35. The van der Waals surface area contributed by atoms with Crippen molar-refractivity contribution >= 4 is 51.5 Å². The number of methoxy groups -OCH3 is 1. The minimum atomic E-state index is -3.87. The number of carbonyl (C=O) groups is 1. The maximum Gasteiger partial charge on any atom is 0.243 e. The van der Waals surface area contributed by atoms with E-state index in [4.69, 9.17) is 27.9 Å². The topological polar surface area (TPSA) is 96.5 Å². The summed E-state index contributed by atoms with van der Waals surface area (Å²) in [5, 5.41) is 5.81. The summed E-state index contributed by atoms with van der Waals surface area (Å²) in [6.07, 6.45) is 0.0133. The van der Waals surface area contributed by atoms with Gasteiger partial charge >= 0.3 is 0 Å². The largest absolute Gasteiger partial charge is 0.383 e. The highest BCUT2D eigenvalue weighted by Gasteiger charge is 2.21. The van der Waals surface area contributed by atoms with Gasteiger partial charge in [0.15, 0.2) is 0 Å². The van der Waals surface area contributed by atoms with Crippen LogP contribution in [0.1, 0.15) is 6.42 Å². The summed E-state index contributed by atoms with van der Waals surface area (Å²) < 4.78 is 31.6. The van der Waals surface area contributed by atoms with E-state index in [2.05, 4.69) is 15.4 Å². The van der Waals surface area contributed by atoms with E-state index in [-0.39, 0.29) is 46.2 Å². The van der Waals surface area contributed by atoms with Crippen molar-refractivity contribution in [3.05, 3.63) is 28.2 Å². The van der Waals surface area contributed by atoms with Crippen molar-refractivity contribution in [1.29, 1.82) is 0 Å². The molecule has 1 amide bonds. The smallest absolute Gasteiger partial charge is 0.243 e. The van der Waals surface area contributed by atoms with Crippen LogP contribution in [0.15, 0.2) is 23.1 Å². The Labute approximate surface area is 164 Å². The Morgan fingerprint density at radius 2 is 1.76 bits per heavy atom. The van der Waals surface area contributed by atoms with E-state index in [1.54, 1.807) is 13.2 Å². The van der Waals surface area contributed by atoms with Gasteiger partial charge in [-0.3, -0.25) is 4.79 Å². The molecule has 25 heavy (non-hydrogen) atoms. The van der Waals surface area contributed by atoms with Gasteiger partial charge in [-0.2, -0.15) is 0 Å². The quantitative estimate of drug-likeness (QED) is 0.458. The number of rotatable bonds is 11. The van der Waals surface area contributed by atoms with Crippen LogP contribution < -0.4 is 15.4 Å². The first-order valence-electron chi connectivity index (χ1n) is 7.28. The van der Waals surface area contributed by atoms with Gasteiger partial charge in [0.1, 0.15) is 4.90 Å². The monoisotopic (exact) mass is 433 g/mol. The van der Waals surface area contributed by atoms with Crippen LogP contribution in [0.3, 0.4) is 0 Å². The van der Waals surface area contributed by atoms with Crippen LogP contribution in [-0.2, 0) is 19.6 Å². The van der Waals surface area contributed by atoms with Gasteiger partial charge in [-0.25, -0.2) is 13.1 Å². The Bertz CT molecular complexity index is 624. The Hall–Kier alpha value is -0.610. The molecule has 0 radical (unpaired) electrons. The van der Waals surface area contributed by atoms with Crippen molar-refractivity contribution in [2.24, 2.45) is 0 Å². The van der Waals surface area contributed by atoms with Gasteiger partial charge < -0.3 is 15.4 Å². The lowest BCUT2D eigenvalue weighted by Gasteiger charge is -2.10. The number of benzene rings is 1. The molecule has 0 aliphatic heterocycles. The van der Waals surface area contributed by atoms with E-state index in [0.29, 0.717) is 26.2 Å². The van der Waals surface area contributed by atoms with Gasteiger partial charge in [-0.1, -0.05) is 29.3 Å². The number of halogens is 3. The maximum atomic E-state index is 12.2. The number of hydrogen-bond donors (Lipinski definition) is 3. The lowest BCUT2D eigenvalue weighted by molar-refractivity contribution is -0.120. The molecule has 0 unspecified atom stereocenters. The molecular formula is C14H22Cl3N3O4S.